The lowest BCUT2D eigenvalue weighted by Gasteiger charge is -2.36. The average Bonchev–Trinajstić information content (AvgIpc) is 3.02. The molecule has 2 fully saturated rings. The van der Waals surface area contributed by atoms with Crippen LogP contribution in [0.15, 0.2) is 24.3 Å². The Morgan fingerprint density at radius 3 is 2.16 bits per heavy atom. The van der Waals surface area contributed by atoms with Crippen molar-refractivity contribution in [2.75, 3.05) is 17.9 Å². The predicted molar refractivity (Wildman–Crippen MR) is 81.7 cm³/mol. The fraction of sp³-hybridized carbons (Fsp3) is 0.625. The zero-order valence-corrected chi connectivity index (χ0v) is 12.2. The highest BCUT2D eigenvalue weighted by molar-refractivity contribution is 6.23. The minimum Gasteiger partial charge on any atom is -0.300 e. The van der Waals surface area contributed by atoms with Crippen LogP contribution in [0.4, 0.5) is 5.69 Å². The molecule has 1 heterocycles. The first-order chi connectivity index (χ1) is 9.36. The van der Waals surface area contributed by atoms with Gasteiger partial charge in [0.05, 0.1) is 0 Å². The SMILES string of the molecule is ClNc1ccc(C2CCN(C3CCCC3)CC2)cc1. The van der Waals surface area contributed by atoms with Gasteiger partial charge in [-0.15, -0.1) is 0 Å². The Bertz CT molecular complexity index is 390. The van der Waals surface area contributed by atoms with Crippen molar-refractivity contribution in [3.8, 4) is 0 Å². The molecule has 0 radical (unpaired) electrons. The van der Waals surface area contributed by atoms with Gasteiger partial charge in [-0.1, -0.05) is 25.0 Å². The lowest BCUT2D eigenvalue weighted by atomic mass is 9.88. The standard InChI is InChI=1S/C16H23ClN2/c17-18-15-7-5-13(6-8-15)14-9-11-19(12-10-14)16-3-1-2-4-16/h5-8,14,16,18H,1-4,9-12H2. The molecular formula is C16H23ClN2. The van der Waals surface area contributed by atoms with Crippen molar-refractivity contribution in [1.29, 1.82) is 0 Å². The Morgan fingerprint density at radius 1 is 0.947 bits per heavy atom. The van der Waals surface area contributed by atoms with E-state index in [2.05, 4.69) is 34.0 Å². The third-order valence-electron chi connectivity index (χ3n) is 4.86. The molecule has 0 amide bonds. The molecule has 0 aromatic heterocycles. The highest BCUT2D eigenvalue weighted by Gasteiger charge is 2.27. The van der Waals surface area contributed by atoms with E-state index >= 15 is 0 Å². The molecule has 0 unspecified atom stereocenters. The fourth-order valence-corrected chi connectivity index (χ4v) is 3.81. The van der Waals surface area contributed by atoms with Crippen LogP contribution in [-0.2, 0) is 0 Å². The molecule has 3 rings (SSSR count). The van der Waals surface area contributed by atoms with Crippen LogP contribution in [0.1, 0.15) is 50.0 Å². The zero-order chi connectivity index (χ0) is 13.1. The molecule has 0 bridgehead atoms. The minimum atomic E-state index is 0.738. The third kappa shape index (κ3) is 3.06. The highest BCUT2D eigenvalue weighted by Crippen LogP contribution is 2.32. The molecule has 1 saturated carbocycles. The second kappa shape index (κ2) is 6.15. The summed E-state index contributed by atoms with van der Waals surface area (Å²) in [5.41, 5.74) is 2.45. The van der Waals surface area contributed by atoms with Gasteiger partial charge in [0.25, 0.3) is 0 Å². The Morgan fingerprint density at radius 2 is 1.58 bits per heavy atom. The van der Waals surface area contributed by atoms with Crippen LogP contribution in [0.5, 0.6) is 0 Å². The van der Waals surface area contributed by atoms with Gasteiger partial charge in [0.15, 0.2) is 0 Å². The Labute approximate surface area is 121 Å². The molecule has 104 valence electrons. The molecule has 2 aliphatic rings. The molecule has 1 aromatic carbocycles. The lowest BCUT2D eigenvalue weighted by molar-refractivity contribution is 0.154. The number of rotatable bonds is 3. The number of piperidine rings is 1. The van der Waals surface area contributed by atoms with Crippen LogP contribution in [0.25, 0.3) is 0 Å². The van der Waals surface area contributed by atoms with E-state index in [1.54, 1.807) is 0 Å². The van der Waals surface area contributed by atoms with Gasteiger partial charge in [0.2, 0.25) is 0 Å². The third-order valence-corrected chi connectivity index (χ3v) is 5.08. The predicted octanol–water partition coefficient (Wildman–Crippen LogP) is 4.37. The normalized spacial score (nSPS) is 22.8. The van der Waals surface area contributed by atoms with Crippen molar-refractivity contribution in [3.05, 3.63) is 29.8 Å². The summed E-state index contributed by atoms with van der Waals surface area (Å²) < 4.78 is 0. The van der Waals surface area contributed by atoms with Crippen molar-refractivity contribution in [2.24, 2.45) is 0 Å². The lowest BCUT2D eigenvalue weighted by Crippen LogP contribution is -2.39. The van der Waals surface area contributed by atoms with E-state index in [-0.39, 0.29) is 0 Å². The van der Waals surface area contributed by atoms with Gasteiger partial charge in [0.1, 0.15) is 0 Å². The highest BCUT2D eigenvalue weighted by atomic mass is 35.5. The second-order valence-corrected chi connectivity index (χ2v) is 6.15. The van der Waals surface area contributed by atoms with Crippen molar-refractivity contribution in [1.82, 2.24) is 4.90 Å². The fourth-order valence-electron chi connectivity index (χ4n) is 3.69. The molecule has 2 nitrogen and oxygen atoms in total. The minimum absolute atomic E-state index is 0.738. The van der Waals surface area contributed by atoms with Crippen LogP contribution in [0, 0.1) is 0 Å². The molecule has 3 heteroatoms. The van der Waals surface area contributed by atoms with E-state index in [9.17, 15) is 0 Å². The molecule has 1 aromatic rings. The molecule has 1 aliphatic carbocycles. The van der Waals surface area contributed by atoms with E-state index in [1.165, 1.54) is 57.2 Å². The summed E-state index contributed by atoms with van der Waals surface area (Å²) >= 11 is 5.60. The Balaban J connectivity index is 1.56. The summed E-state index contributed by atoms with van der Waals surface area (Å²) in [6.07, 6.45) is 8.37. The first kappa shape index (κ1) is 13.3. The van der Waals surface area contributed by atoms with Crippen LogP contribution in [-0.4, -0.2) is 24.0 Å². The Hall–Kier alpha value is -0.730. The van der Waals surface area contributed by atoms with E-state index in [0.29, 0.717) is 0 Å². The summed E-state index contributed by atoms with van der Waals surface area (Å²) in [5.74, 6) is 0.738. The molecular weight excluding hydrogens is 256 g/mol. The van der Waals surface area contributed by atoms with Crippen molar-refractivity contribution >= 4 is 17.5 Å². The van der Waals surface area contributed by atoms with Crippen molar-refractivity contribution in [3.63, 3.8) is 0 Å². The molecule has 1 N–H and O–H groups in total. The van der Waals surface area contributed by atoms with E-state index in [1.807, 2.05) is 0 Å². The first-order valence-electron chi connectivity index (χ1n) is 7.57. The van der Waals surface area contributed by atoms with Crippen molar-refractivity contribution in [2.45, 2.75) is 50.5 Å². The summed E-state index contributed by atoms with van der Waals surface area (Å²) in [7, 11) is 0. The number of nitrogens with zero attached hydrogens (tertiary/aromatic N) is 1. The van der Waals surface area contributed by atoms with E-state index in [4.69, 9.17) is 11.8 Å². The molecule has 1 aliphatic heterocycles. The van der Waals surface area contributed by atoms with Gasteiger partial charge in [0, 0.05) is 23.5 Å². The summed E-state index contributed by atoms with van der Waals surface area (Å²) in [6, 6.07) is 9.49. The molecule has 0 atom stereocenters. The van der Waals surface area contributed by atoms with Gasteiger partial charge in [-0.05, 0) is 62.4 Å². The van der Waals surface area contributed by atoms with Crippen LogP contribution < -0.4 is 4.84 Å². The quantitative estimate of drug-likeness (QED) is 0.826. The molecule has 19 heavy (non-hydrogen) atoms. The maximum absolute atomic E-state index is 5.60. The topological polar surface area (TPSA) is 15.3 Å². The van der Waals surface area contributed by atoms with Gasteiger partial charge < -0.3 is 4.90 Å². The van der Waals surface area contributed by atoms with Gasteiger partial charge in [-0.3, -0.25) is 4.84 Å². The van der Waals surface area contributed by atoms with Crippen LogP contribution in [0.3, 0.4) is 0 Å². The maximum atomic E-state index is 5.60. The maximum Gasteiger partial charge on any atom is 0.0491 e. The first-order valence-corrected chi connectivity index (χ1v) is 7.95. The number of halogens is 1. The summed E-state index contributed by atoms with van der Waals surface area (Å²) in [5, 5.41) is 0. The number of hydrogen-bond acceptors (Lipinski definition) is 2. The van der Waals surface area contributed by atoms with E-state index < -0.39 is 0 Å². The second-order valence-electron chi connectivity index (χ2n) is 5.97. The number of nitrogens with one attached hydrogen (secondary N) is 1. The number of benzene rings is 1. The molecule has 1 saturated heterocycles. The monoisotopic (exact) mass is 278 g/mol. The van der Waals surface area contributed by atoms with Crippen LogP contribution >= 0.6 is 11.8 Å². The van der Waals surface area contributed by atoms with E-state index in [0.717, 1.165) is 17.6 Å². The summed E-state index contributed by atoms with van der Waals surface area (Å²) in [4.78, 5) is 5.40. The smallest absolute Gasteiger partial charge is 0.0491 e. The van der Waals surface area contributed by atoms with Crippen molar-refractivity contribution < 1.29 is 0 Å². The number of hydrogen-bond donors (Lipinski definition) is 1. The van der Waals surface area contributed by atoms with Gasteiger partial charge in [-0.2, -0.15) is 0 Å². The van der Waals surface area contributed by atoms with Gasteiger partial charge in [-0.25, -0.2) is 0 Å². The average molecular weight is 279 g/mol. The summed E-state index contributed by atoms with van der Waals surface area (Å²) in [6.45, 7) is 2.57. The largest absolute Gasteiger partial charge is 0.300 e. The zero-order valence-electron chi connectivity index (χ0n) is 11.4. The number of likely N-dealkylation sites (tertiary alicyclic amines) is 1. The van der Waals surface area contributed by atoms with Crippen LogP contribution in [0.2, 0.25) is 0 Å². The Kier molecular flexibility index (Phi) is 4.29. The van der Waals surface area contributed by atoms with Gasteiger partial charge >= 0.3 is 0 Å². The molecule has 0 spiro atoms. The number of anilines is 1.